The van der Waals surface area contributed by atoms with Crippen LogP contribution in [0.5, 0.6) is 0 Å². The number of carbonyl (C=O) groups is 1. The van der Waals surface area contributed by atoms with Gasteiger partial charge in [-0.05, 0) is 0 Å². The number of carbonyl (C=O) groups excluding carboxylic acids is 1. The SMILES string of the molecule is C=CC(=O)OC12CC(F)(CF)C(F)(F)C(O)(CC(O)(F)C1(F)F)C2(F)F. The molecule has 2 fully saturated rings. The quantitative estimate of drug-likeness (QED) is 0.432. The zero-order valence-corrected chi connectivity index (χ0v) is 12.5. The van der Waals surface area contributed by atoms with Crippen LogP contribution in [0.15, 0.2) is 12.7 Å². The van der Waals surface area contributed by atoms with Crippen molar-refractivity contribution in [1.29, 1.82) is 0 Å². The first-order valence-electron chi connectivity index (χ1n) is 6.80. The predicted octanol–water partition coefficient (Wildman–Crippen LogP) is 2.23. The highest BCUT2D eigenvalue weighted by molar-refractivity contribution is 5.82. The van der Waals surface area contributed by atoms with E-state index in [4.69, 9.17) is 5.11 Å². The van der Waals surface area contributed by atoms with Crippen molar-refractivity contribution in [3.8, 4) is 0 Å². The third-order valence-corrected chi connectivity index (χ3v) is 4.77. The summed E-state index contributed by atoms with van der Waals surface area (Å²) in [5.41, 5.74) is -15.4. The molecule has 2 N–H and O–H groups in total. The van der Waals surface area contributed by atoms with Crippen molar-refractivity contribution in [2.75, 3.05) is 6.67 Å². The summed E-state index contributed by atoms with van der Waals surface area (Å²) >= 11 is 0. The third kappa shape index (κ3) is 1.87. The standard InChI is InChI=1S/C13H11F9O4/c1-2-6(23)26-9-3-7(15,5-14)11(17,18)8(24,12(9,19)20)4-10(16,25)13(9,21)22/h2,24-25H,1,3-5H2. The van der Waals surface area contributed by atoms with Crippen molar-refractivity contribution in [1.82, 2.24) is 0 Å². The van der Waals surface area contributed by atoms with E-state index in [1.165, 1.54) is 0 Å². The van der Waals surface area contributed by atoms with Crippen LogP contribution in [0.3, 0.4) is 0 Å². The average molecular weight is 402 g/mol. The minimum absolute atomic E-state index is 0.0199. The normalized spacial score (nSPS) is 45.7. The molecule has 0 spiro atoms. The zero-order chi connectivity index (χ0) is 20.6. The molecule has 13 heteroatoms. The number of alkyl halides is 9. The third-order valence-electron chi connectivity index (χ3n) is 4.77. The molecule has 0 radical (unpaired) electrons. The Hall–Kier alpha value is -1.50. The lowest BCUT2D eigenvalue weighted by atomic mass is 9.54. The van der Waals surface area contributed by atoms with Crippen LogP contribution >= 0.6 is 0 Å². The monoisotopic (exact) mass is 402 g/mol. The van der Waals surface area contributed by atoms with Crippen molar-refractivity contribution < 1.29 is 59.3 Å². The van der Waals surface area contributed by atoms with Gasteiger partial charge in [-0.25, -0.2) is 18.0 Å². The van der Waals surface area contributed by atoms with Crippen LogP contribution in [-0.2, 0) is 9.53 Å². The minimum Gasteiger partial charge on any atom is -0.442 e. The molecular weight excluding hydrogens is 391 g/mol. The maximum Gasteiger partial charge on any atom is 0.350 e. The maximum atomic E-state index is 14.6. The van der Waals surface area contributed by atoms with Gasteiger partial charge in [-0.2, -0.15) is 26.3 Å². The Kier molecular flexibility index (Phi) is 4.05. The molecule has 4 unspecified atom stereocenters. The molecule has 0 saturated heterocycles. The lowest BCUT2D eigenvalue weighted by Crippen LogP contribution is -2.90. The minimum atomic E-state index is -5.92. The highest BCUT2D eigenvalue weighted by Gasteiger charge is 2.98. The van der Waals surface area contributed by atoms with E-state index in [9.17, 15) is 49.4 Å². The van der Waals surface area contributed by atoms with Crippen LogP contribution in [0.25, 0.3) is 0 Å². The fourth-order valence-electron chi connectivity index (χ4n) is 3.32. The van der Waals surface area contributed by atoms with E-state index in [1.54, 1.807) is 0 Å². The first-order valence-corrected chi connectivity index (χ1v) is 6.80. The fourth-order valence-corrected chi connectivity index (χ4v) is 3.32. The number of ether oxygens (including phenoxy) is 1. The van der Waals surface area contributed by atoms with E-state index in [-0.39, 0.29) is 6.08 Å². The second-order valence-corrected chi connectivity index (χ2v) is 6.25. The number of hydrogen-bond donors (Lipinski definition) is 2. The van der Waals surface area contributed by atoms with E-state index in [0.717, 1.165) is 0 Å². The second-order valence-electron chi connectivity index (χ2n) is 6.25. The molecule has 150 valence electrons. The van der Waals surface area contributed by atoms with Crippen LogP contribution in [-0.4, -0.2) is 63.4 Å². The number of halogens is 9. The molecule has 0 aromatic rings. The van der Waals surface area contributed by atoms with Crippen molar-refractivity contribution in [2.45, 2.75) is 53.3 Å². The maximum absolute atomic E-state index is 14.6. The van der Waals surface area contributed by atoms with Gasteiger partial charge in [0.2, 0.25) is 11.3 Å². The van der Waals surface area contributed by atoms with E-state index >= 15 is 0 Å². The molecule has 0 heterocycles. The Labute approximate surface area is 139 Å². The topological polar surface area (TPSA) is 66.8 Å². The molecule has 0 aromatic carbocycles. The zero-order valence-electron chi connectivity index (χ0n) is 12.5. The Morgan fingerprint density at radius 1 is 0.962 bits per heavy atom. The molecule has 2 rings (SSSR count). The van der Waals surface area contributed by atoms with Crippen molar-refractivity contribution in [3.05, 3.63) is 12.7 Å². The molecule has 0 aromatic heterocycles. The molecule has 2 aliphatic rings. The molecule has 2 saturated carbocycles. The fraction of sp³-hybridized carbons (Fsp3) is 0.769. The molecule has 4 nitrogen and oxygen atoms in total. The van der Waals surface area contributed by atoms with Gasteiger partial charge in [0, 0.05) is 12.5 Å². The number of fused-ring (bicyclic) bond motifs is 2. The number of rotatable bonds is 3. The summed E-state index contributed by atoms with van der Waals surface area (Å²) in [5.74, 6) is -25.1. The van der Waals surface area contributed by atoms with Gasteiger partial charge in [0.25, 0.3) is 11.5 Å². The summed E-state index contributed by atoms with van der Waals surface area (Å²) in [7, 11) is 0. The number of aliphatic hydroxyl groups is 2. The van der Waals surface area contributed by atoms with E-state index in [2.05, 4.69) is 11.3 Å². The number of hydrogen-bond acceptors (Lipinski definition) is 4. The Bertz CT molecular complexity index is 652. The molecule has 0 amide bonds. The van der Waals surface area contributed by atoms with E-state index in [0.29, 0.717) is 0 Å². The second kappa shape index (κ2) is 5.06. The van der Waals surface area contributed by atoms with Crippen molar-refractivity contribution in [3.63, 3.8) is 0 Å². The van der Waals surface area contributed by atoms with Gasteiger partial charge < -0.3 is 14.9 Å². The summed E-state index contributed by atoms with van der Waals surface area (Å²) in [6.45, 7) is -0.205. The van der Waals surface area contributed by atoms with E-state index in [1.807, 2.05) is 0 Å². The van der Waals surface area contributed by atoms with Crippen LogP contribution in [0.1, 0.15) is 12.8 Å². The van der Waals surface area contributed by atoms with Crippen LogP contribution < -0.4 is 0 Å². The van der Waals surface area contributed by atoms with Gasteiger partial charge in [0.15, 0.2) is 0 Å². The van der Waals surface area contributed by atoms with Gasteiger partial charge in [-0.15, -0.1) is 0 Å². The van der Waals surface area contributed by atoms with Gasteiger partial charge >= 0.3 is 23.7 Å². The highest BCUT2D eigenvalue weighted by atomic mass is 19.3. The summed E-state index contributed by atoms with van der Waals surface area (Å²) in [6, 6.07) is 0. The molecule has 26 heavy (non-hydrogen) atoms. The lowest BCUT2D eigenvalue weighted by molar-refractivity contribution is -0.490. The molecule has 0 aliphatic heterocycles. The number of esters is 1. The Morgan fingerprint density at radius 2 is 1.46 bits per heavy atom. The van der Waals surface area contributed by atoms with Gasteiger partial charge in [0.05, 0.1) is 6.42 Å². The van der Waals surface area contributed by atoms with E-state index < -0.39 is 66.0 Å². The summed E-state index contributed by atoms with van der Waals surface area (Å²) in [6.07, 6.45) is -6.07. The summed E-state index contributed by atoms with van der Waals surface area (Å²) < 4.78 is 131. The predicted molar refractivity (Wildman–Crippen MR) is 63.9 cm³/mol. The Balaban J connectivity index is 2.93. The molecular formula is C13H11F9O4. The van der Waals surface area contributed by atoms with Crippen molar-refractivity contribution >= 4 is 5.97 Å². The van der Waals surface area contributed by atoms with Crippen LogP contribution in [0, 0.1) is 0 Å². The van der Waals surface area contributed by atoms with Gasteiger partial charge in [0.1, 0.15) is 6.67 Å². The molecule has 2 aliphatic carbocycles. The summed E-state index contributed by atoms with van der Waals surface area (Å²) in [4.78, 5) is 11.2. The smallest absolute Gasteiger partial charge is 0.350 e. The van der Waals surface area contributed by atoms with Crippen LogP contribution in [0.2, 0.25) is 0 Å². The largest absolute Gasteiger partial charge is 0.442 e. The molecule has 4 atom stereocenters. The lowest BCUT2D eigenvalue weighted by Gasteiger charge is -2.63. The highest BCUT2D eigenvalue weighted by Crippen LogP contribution is 2.71. The van der Waals surface area contributed by atoms with Gasteiger partial charge in [-0.1, -0.05) is 6.58 Å². The average Bonchev–Trinajstić information content (AvgIpc) is 2.50. The summed E-state index contributed by atoms with van der Waals surface area (Å²) in [5, 5.41) is 18.8. The van der Waals surface area contributed by atoms with Gasteiger partial charge in [-0.3, -0.25) is 0 Å². The van der Waals surface area contributed by atoms with Crippen molar-refractivity contribution in [2.24, 2.45) is 0 Å². The molecule has 2 bridgehead atoms. The van der Waals surface area contributed by atoms with Crippen LogP contribution in [0.4, 0.5) is 39.5 Å². The Morgan fingerprint density at radius 3 is 1.88 bits per heavy atom. The first-order chi connectivity index (χ1) is 11.4. The first kappa shape index (κ1) is 20.8.